The van der Waals surface area contributed by atoms with Crippen molar-refractivity contribution in [3.05, 3.63) is 107 Å². The highest BCUT2D eigenvalue weighted by Crippen LogP contribution is 2.28. The van der Waals surface area contributed by atoms with Crippen LogP contribution in [0.2, 0.25) is 0 Å². The third kappa shape index (κ3) is 4.41. The molecule has 0 atom stereocenters. The molecule has 0 spiro atoms. The molecule has 0 aliphatic heterocycles. The standard InChI is InChI=1S/C24H21NO2S/c26-24(25-17-20-13-14-22(27-20)23-12-7-15-28-23)16-21(18-8-3-1-4-9-18)19-10-5-2-6-11-19/h1-15,21H,16-17H2,(H,25,26). The van der Waals surface area contributed by atoms with Gasteiger partial charge in [0.25, 0.3) is 0 Å². The van der Waals surface area contributed by atoms with E-state index in [0.717, 1.165) is 27.5 Å². The summed E-state index contributed by atoms with van der Waals surface area (Å²) in [5, 5.41) is 5.02. The minimum Gasteiger partial charge on any atom is -0.458 e. The van der Waals surface area contributed by atoms with Crippen molar-refractivity contribution < 1.29 is 9.21 Å². The number of carbonyl (C=O) groups excluding carboxylic acids is 1. The Kier molecular flexibility index (Phi) is 5.69. The largest absolute Gasteiger partial charge is 0.458 e. The topological polar surface area (TPSA) is 42.2 Å². The molecule has 0 radical (unpaired) electrons. The molecule has 2 heterocycles. The molecule has 140 valence electrons. The van der Waals surface area contributed by atoms with Crippen molar-refractivity contribution in [3.63, 3.8) is 0 Å². The van der Waals surface area contributed by atoms with E-state index in [-0.39, 0.29) is 11.8 Å². The van der Waals surface area contributed by atoms with Gasteiger partial charge in [-0.05, 0) is 34.7 Å². The van der Waals surface area contributed by atoms with Gasteiger partial charge in [-0.15, -0.1) is 11.3 Å². The first-order valence-corrected chi connectivity index (χ1v) is 10.2. The van der Waals surface area contributed by atoms with E-state index in [2.05, 4.69) is 29.6 Å². The molecule has 0 aliphatic rings. The van der Waals surface area contributed by atoms with Crippen molar-refractivity contribution in [2.75, 3.05) is 0 Å². The van der Waals surface area contributed by atoms with Gasteiger partial charge in [-0.1, -0.05) is 66.7 Å². The quantitative estimate of drug-likeness (QED) is 0.432. The molecule has 2 aromatic carbocycles. The summed E-state index contributed by atoms with van der Waals surface area (Å²) in [6.45, 7) is 0.389. The molecule has 4 rings (SSSR count). The predicted octanol–water partition coefficient (Wildman–Crippen LogP) is 5.85. The molecular weight excluding hydrogens is 366 g/mol. The van der Waals surface area contributed by atoms with Crippen LogP contribution < -0.4 is 5.32 Å². The van der Waals surface area contributed by atoms with Gasteiger partial charge in [0.05, 0.1) is 11.4 Å². The Morgan fingerprint density at radius 2 is 1.54 bits per heavy atom. The van der Waals surface area contributed by atoms with E-state index in [9.17, 15) is 4.79 Å². The number of thiophene rings is 1. The van der Waals surface area contributed by atoms with Crippen molar-refractivity contribution in [2.24, 2.45) is 0 Å². The Balaban J connectivity index is 1.42. The smallest absolute Gasteiger partial charge is 0.221 e. The first-order valence-electron chi connectivity index (χ1n) is 9.29. The number of carbonyl (C=O) groups is 1. The van der Waals surface area contributed by atoms with Crippen molar-refractivity contribution in [1.82, 2.24) is 5.32 Å². The van der Waals surface area contributed by atoms with Crippen LogP contribution >= 0.6 is 11.3 Å². The van der Waals surface area contributed by atoms with Crippen LogP contribution in [-0.2, 0) is 11.3 Å². The van der Waals surface area contributed by atoms with Crippen LogP contribution in [0.4, 0.5) is 0 Å². The second-order valence-corrected chi connectivity index (χ2v) is 7.55. The lowest BCUT2D eigenvalue weighted by Crippen LogP contribution is -2.24. The fraction of sp³-hybridized carbons (Fsp3) is 0.125. The van der Waals surface area contributed by atoms with Crippen molar-refractivity contribution in [1.29, 1.82) is 0 Å². The average molecular weight is 388 g/mol. The minimum absolute atomic E-state index is 0.00628. The SMILES string of the molecule is O=C(CC(c1ccccc1)c1ccccc1)NCc1ccc(-c2cccs2)o1. The Labute approximate surface area is 168 Å². The van der Waals surface area contributed by atoms with Crippen molar-refractivity contribution in [3.8, 4) is 10.6 Å². The third-order valence-electron chi connectivity index (χ3n) is 4.68. The molecule has 0 unspecified atom stereocenters. The molecular formula is C24H21NO2S. The van der Waals surface area contributed by atoms with Crippen LogP contribution in [0.15, 0.2) is 94.7 Å². The summed E-state index contributed by atoms with van der Waals surface area (Å²) >= 11 is 1.64. The van der Waals surface area contributed by atoms with E-state index in [1.165, 1.54) is 0 Å². The third-order valence-corrected chi connectivity index (χ3v) is 5.56. The maximum atomic E-state index is 12.7. The predicted molar refractivity (Wildman–Crippen MR) is 113 cm³/mol. The summed E-state index contributed by atoms with van der Waals surface area (Å²) in [6.07, 6.45) is 0.395. The number of nitrogens with one attached hydrogen (secondary N) is 1. The van der Waals surface area contributed by atoms with E-state index in [1.54, 1.807) is 11.3 Å². The number of rotatable bonds is 7. The first-order chi connectivity index (χ1) is 13.8. The molecule has 0 saturated heterocycles. The maximum Gasteiger partial charge on any atom is 0.221 e. The summed E-state index contributed by atoms with van der Waals surface area (Å²) < 4.78 is 5.85. The molecule has 4 heteroatoms. The summed E-state index contributed by atoms with van der Waals surface area (Å²) in [5.41, 5.74) is 2.28. The van der Waals surface area contributed by atoms with Crippen LogP contribution in [0.1, 0.15) is 29.2 Å². The fourth-order valence-electron chi connectivity index (χ4n) is 3.27. The minimum atomic E-state index is 0.00628. The monoisotopic (exact) mass is 387 g/mol. The molecule has 0 saturated carbocycles. The van der Waals surface area contributed by atoms with E-state index >= 15 is 0 Å². The number of benzene rings is 2. The Hall–Kier alpha value is -3.11. The van der Waals surface area contributed by atoms with Gasteiger partial charge in [0.2, 0.25) is 5.91 Å². The number of furan rings is 1. The normalized spacial score (nSPS) is 10.9. The Bertz CT molecular complexity index is 968. The summed E-state index contributed by atoms with van der Waals surface area (Å²) in [6, 6.07) is 28.2. The van der Waals surface area contributed by atoms with Crippen molar-refractivity contribution in [2.45, 2.75) is 18.9 Å². The van der Waals surface area contributed by atoms with Gasteiger partial charge in [0, 0.05) is 12.3 Å². The lowest BCUT2D eigenvalue weighted by molar-refractivity contribution is -0.121. The van der Waals surface area contributed by atoms with Crippen LogP contribution in [0.3, 0.4) is 0 Å². The Morgan fingerprint density at radius 3 is 2.14 bits per heavy atom. The lowest BCUT2D eigenvalue weighted by atomic mass is 9.88. The van der Waals surface area contributed by atoms with Gasteiger partial charge in [0.15, 0.2) is 0 Å². The molecule has 0 aliphatic carbocycles. The number of hydrogen-bond donors (Lipinski definition) is 1. The molecule has 0 bridgehead atoms. The van der Waals surface area contributed by atoms with E-state index in [4.69, 9.17) is 4.42 Å². The summed E-state index contributed by atoms with van der Waals surface area (Å²) in [4.78, 5) is 13.7. The summed E-state index contributed by atoms with van der Waals surface area (Å²) in [7, 11) is 0. The molecule has 2 aromatic heterocycles. The van der Waals surface area contributed by atoms with Gasteiger partial charge in [0.1, 0.15) is 11.5 Å². The number of amides is 1. The number of hydrogen-bond acceptors (Lipinski definition) is 3. The van der Waals surface area contributed by atoms with E-state index in [1.807, 2.05) is 66.0 Å². The highest BCUT2D eigenvalue weighted by atomic mass is 32.1. The van der Waals surface area contributed by atoms with Gasteiger partial charge >= 0.3 is 0 Å². The lowest BCUT2D eigenvalue weighted by Gasteiger charge is -2.17. The summed E-state index contributed by atoms with van der Waals surface area (Å²) in [5.74, 6) is 1.63. The zero-order chi connectivity index (χ0) is 19.2. The van der Waals surface area contributed by atoms with Crippen LogP contribution in [-0.4, -0.2) is 5.91 Å². The van der Waals surface area contributed by atoms with Gasteiger partial charge in [-0.3, -0.25) is 4.79 Å². The zero-order valence-electron chi connectivity index (χ0n) is 15.4. The van der Waals surface area contributed by atoms with Gasteiger partial charge < -0.3 is 9.73 Å². The molecule has 1 amide bonds. The van der Waals surface area contributed by atoms with Gasteiger partial charge in [-0.2, -0.15) is 0 Å². The van der Waals surface area contributed by atoms with Crippen LogP contribution in [0, 0.1) is 0 Å². The molecule has 3 nitrogen and oxygen atoms in total. The molecule has 1 N–H and O–H groups in total. The van der Waals surface area contributed by atoms with E-state index in [0.29, 0.717) is 13.0 Å². The van der Waals surface area contributed by atoms with E-state index < -0.39 is 0 Å². The molecule has 0 fully saturated rings. The maximum absolute atomic E-state index is 12.7. The van der Waals surface area contributed by atoms with Crippen LogP contribution in [0.25, 0.3) is 10.6 Å². The van der Waals surface area contributed by atoms with Crippen LogP contribution in [0.5, 0.6) is 0 Å². The highest BCUT2D eigenvalue weighted by molar-refractivity contribution is 7.13. The second-order valence-electron chi connectivity index (χ2n) is 6.60. The highest BCUT2D eigenvalue weighted by Gasteiger charge is 2.18. The zero-order valence-corrected chi connectivity index (χ0v) is 16.2. The Morgan fingerprint density at radius 1 is 0.857 bits per heavy atom. The molecule has 28 heavy (non-hydrogen) atoms. The average Bonchev–Trinajstić information content (AvgIpc) is 3.43. The van der Waals surface area contributed by atoms with Gasteiger partial charge in [-0.25, -0.2) is 0 Å². The van der Waals surface area contributed by atoms with Crippen molar-refractivity contribution >= 4 is 17.2 Å². The second kappa shape index (κ2) is 8.72. The molecule has 4 aromatic rings. The fourth-order valence-corrected chi connectivity index (χ4v) is 3.95. The first kappa shape index (κ1) is 18.3.